The van der Waals surface area contributed by atoms with Crippen molar-refractivity contribution in [3.8, 4) is 5.75 Å². The summed E-state index contributed by atoms with van der Waals surface area (Å²) in [6.45, 7) is 5.79. The first kappa shape index (κ1) is 25.6. The fraction of sp³-hybridized carbons (Fsp3) is 0.231. The number of phenols is 1. The maximum atomic E-state index is 13.0. The lowest BCUT2D eigenvalue weighted by atomic mass is 10.0. The van der Waals surface area contributed by atoms with Gasteiger partial charge in [0.15, 0.2) is 0 Å². The molecular weight excluding hydrogens is 466 g/mol. The van der Waals surface area contributed by atoms with Crippen LogP contribution in [0.3, 0.4) is 0 Å². The first-order chi connectivity index (χ1) is 16.7. The van der Waals surface area contributed by atoms with Gasteiger partial charge in [0.2, 0.25) is 0 Å². The molecule has 8 nitrogen and oxygen atoms in total. The number of nitrogens with zero attached hydrogens (tertiary/aromatic N) is 1. The Labute approximate surface area is 207 Å². The van der Waals surface area contributed by atoms with Gasteiger partial charge in [-0.15, -0.1) is 11.3 Å². The number of methoxy groups -OCH3 is 1. The van der Waals surface area contributed by atoms with Crippen LogP contribution in [0, 0.1) is 13.8 Å². The number of thiazole rings is 1. The first-order valence-electron chi connectivity index (χ1n) is 11.0. The topological polar surface area (TPSA) is 118 Å². The summed E-state index contributed by atoms with van der Waals surface area (Å²) in [4.78, 5) is 43.0. The standard InChI is InChI=1S/C26H27N3O5S/c1-5-23-28-16(3)22(35-23)13-21(26(33)34-4)29-25(32)20-10-9-18(11-15(20)2)24(31)27-14-17-7-6-8-19(30)12-17/h6-13,30H,5,14H2,1-4H3,(H,27,31)(H,29,32)/b21-13-. The van der Waals surface area contributed by atoms with Crippen LogP contribution in [0.2, 0.25) is 0 Å². The van der Waals surface area contributed by atoms with E-state index < -0.39 is 11.9 Å². The third-order valence-electron chi connectivity index (χ3n) is 5.21. The molecule has 0 radical (unpaired) electrons. The number of amides is 2. The molecule has 182 valence electrons. The molecule has 0 aliphatic rings. The Hall–Kier alpha value is -3.98. The number of rotatable bonds is 8. The highest BCUT2D eigenvalue weighted by molar-refractivity contribution is 7.12. The van der Waals surface area contributed by atoms with Crippen LogP contribution in [0.1, 0.15) is 54.3 Å². The van der Waals surface area contributed by atoms with Crippen molar-refractivity contribution >= 4 is 35.2 Å². The van der Waals surface area contributed by atoms with Crippen molar-refractivity contribution in [1.29, 1.82) is 0 Å². The number of phenolic OH excluding ortho intramolecular Hbond substituents is 1. The van der Waals surface area contributed by atoms with Crippen LogP contribution >= 0.6 is 11.3 Å². The summed E-state index contributed by atoms with van der Waals surface area (Å²) in [6, 6.07) is 11.3. The second kappa shape index (κ2) is 11.4. The summed E-state index contributed by atoms with van der Waals surface area (Å²) >= 11 is 1.45. The molecule has 35 heavy (non-hydrogen) atoms. The lowest BCUT2D eigenvalue weighted by Crippen LogP contribution is -2.29. The summed E-state index contributed by atoms with van der Waals surface area (Å²) in [5.41, 5.74) is 2.79. The number of esters is 1. The number of carbonyl (C=O) groups is 3. The molecule has 0 aliphatic heterocycles. The number of ether oxygens (including phenoxy) is 1. The summed E-state index contributed by atoms with van der Waals surface area (Å²) in [5, 5.41) is 15.9. The number of carbonyl (C=O) groups excluding carboxylic acids is 3. The van der Waals surface area contributed by atoms with Crippen LogP contribution in [0.15, 0.2) is 48.2 Å². The van der Waals surface area contributed by atoms with Gasteiger partial charge in [0.05, 0.1) is 22.7 Å². The predicted molar refractivity (Wildman–Crippen MR) is 134 cm³/mol. The minimum Gasteiger partial charge on any atom is -0.508 e. The zero-order valence-corrected chi connectivity index (χ0v) is 20.8. The van der Waals surface area contributed by atoms with Gasteiger partial charge in [0, 0.05) is 17.7 Å². The van der Waals surface area contributed by atoms with E-state index in [1.54, 1.807) is 49.4 Å². The Balaban J connectivity index is 1.75. The Morgan fingerprint density at radius 1 is 1.11 bits per heavy atom. The van der Waals surface area contributed by atoms with Gasteiger partial charge in [-0.2, -0.15) is 0 Å². The number of aromatic hydroxyl groups is 1. The summed E-state index contributed by atoms with van der Waals surface area (Å²) < 4.78 is 4.84. The Bertz CT molecular complexity index is 1300. The first-order valence-corrected chi connectivity index (χ1v) is 11.8. The smallest absolute Gasteiger partial charge is 0.354 e. The molecule has 3 N–H and O–H groups in total. The SMILES string of the molecule is CCc1nc(C)c(/C=C(\NC(=O)c2ccc(C(=O)NCc3cccc(O)c3)cc2C)C(=O)OC)s1. The van der Waals surface area contributed by atoms with Crippen molar-refractivity contribution < 1.29 is 24.2 Å². The molecule has 3 aromatic rings. The molecule has 0 unspecified atom stereocenters. The lowest BCUT2D eigenvalue weighted by Gasteiger charge is -2.11. The van der Waals surface area contributed by atoms with Gasteiger partial charge in [-0.3, -0.25) is 9.59 Å². The van der Waals surface area contributed by atoms with Crippen molar-refractivity contribution in [2.24, 2.45) is 0 Å². The Morgan fingerprint density at radius 3 is 2.51 bits per heavy atom. The van der Waals surface area contributed by atoms with Crippen molar-refractivity contribution in [3.05, 3.63) is 86.0 Å². The van der Waals surface area contributed by atoms with E-state index in [4.69, 9.17) is 4.74 Å². The van der Waals surface area contributed by atoms with E-state index in [1.807, 2.05) is 13.8 Å². The zero-order chi connectivity index (χ0) is 25.5. The average molecular weight is 494 g/mol. The van der Waals surface area contributed by atoms with E-state index in [-0.39, 0.29) is 23.9 Å². The summed E-state index contributed by atoms with van der Waals surface area (Å²) in [5.74, 6) is -1.36. The number of benzene rings is 2. The largest absolute Gasteiger partial charge is 0.508 e. The van der Waals surface area contributed by atoms with E-state index >= 15 is 0 Å². The van der Waals surface area contributed by atoms with Crippen LogP contribution < -0.4 is 10.6 Å². The summed E-state index contributed by atoms with van der Waals surface area (Å²) in [6.07, 6.45) is 2.33. The second-order valence-electron chi connectivity index (χ2n) is 7.80. The van der Waals surface area contributed by atoms with E-state index in [2.05, 4.69) is 15.6 Å². The van der Waals surface area contributed by atoms with Crippen LogP contribution in [0.25, 0.3) is 6.08 Å². The van der Waals surface area contributed by atoms with Gasteiger partial charge in [-0.05, 0) is 67.8 Å². The minimum absolute atomic E-state index is 0.000707. The van der Waals surface area contributed by atoms with Gasteiger partial charge >= 0.3 is 5.97 Å². The molecule has 0 spiro atoms. The third kappa shape index (κ3) is 6.54. The number of aromatic nitrogens is 1. The van der Waals surface area contributed by atoms with Crippen molar-refractivity contribution in [3.63, 3.8) is 0 Å². The van der Waals surface area contributed by atoms with Crippen molar-refractivity contribution in [2.45, 2.75) is 33.7 Å². The molecule has 9 heteroatoms. The van der Waals surface area contributed by atoms with Gasteiger partial charge in [-0.25, -0.2) is 9.78 Å². The lowest BCUT2D eigenvalue weighted by molar-refractivity contribution is -0.136. The minimum atomic E-state index is -0.676. The molecule has 0 saturated carbocycles. The molecular formula is C26H27N3O5S. The highest BCUT2D eigenvalue weighted by atomic mass is 32.1. The monoisotopic (exact) mass is 493 g/mol. The molecule has 0 aliphatic carbocycles. The van der Waals surface area contributed by atoms with E-state index in [0.717, 1.165) is 27.6 Å². The van der Waals surface area contributed by atoms with Crippen LogP contribution in [0.4, 0.5) is 0 Å². The highest BCUT2D eigenvalue weighted by Crippen LogP contribution is 2.22. The molecule has 2 amide bonds. The molecule has 1 aromatic heterocycles. The van der Waals surface area contributed by atoms with Crippen LogP contribution in [-0.4, -0.2) is 35.0 Å². The average Bonchev–Trinajstić information content (AvgIpc) is 3.20. The molecule has 0 fully saturated rings. The number of hydrogen-bond donors (Lipinski definition) is 3. The normalized spacial score (nSPS) is 11.1. The molecule has 3 rings (SSSR count). The highest BCUT2D eigenvalue weighted by Gasteiger charge is 2.19. The molecule has 0 saturated heterocycles. The fourth-order valence-corrected chi connectivity index (χ4v) is 4.29. The van der Waals surface area contributed by atoms with E-state index in [1.165, 1.54) is 24.5 Å². The molecule has 0 bridgehead atoms. The maximum Gasteiger partial charge on any atom is 0.354 e. The molecule has 1 heterocycles. The van der Waals surface area contributed by atoms with Crippen LogP contribution in [-0.2, 0) is 22.5 Å². The predicted octanol–water partition coefficient (Wildman–Crippen LogP) is 3.90. The quantitative estimate of drug-likeness (QED) is 0.324. The second-order valence-corrected chi connectivity index (χ2v) is 8.91. The van der Waals surface area contributed by atoms with Gasteiger partial charge in [-0.1, -0.05) is 19.1 Å². The number of nitrogens with one attached hydrogen (secondary N) is 2. The molecule has 2 aromatic carbocycles. The van der Waals surface area contributed by atoms with Crippen molar-refractivity contribution in [1.82, 2.24) is 15.6 Å². The van der Waals surface area contributed by atoms with Gasteiger partial charge < -0.3 is 20.5 Å². The van der Waals surface area contributed by atoms with E-state index in [9.17, 15) is 19.5 Å². The van der Waals surface area contributed by atoms with Crippen LogP contribution in [0.5, 0.6) is 5.75 Å². The fourth-order valence-electron chi connectivity index (χ4n) is 3.34. The zero-order valence-electron chi connectivity index (χ0n) is 20.0. The Kier molecular flexibility index (Phi) is 8.38. The molecule has 0 atom stereocenters. The summed E-state index contributed by atoms with van der Waals surface area (Å²) in [7, 11) is 1.24. The van der Waals surface area contributed by atoms with E-state index in [0.29, 0.717) is 16.7 Å². The van der Waals surface area contributed by atoms with Gasteiger partial charge in [0.1, 0.15) is 11.4 Å². The third-order valence-corrected chi connectivity index (χ3v) is 6.45. The maximum absolute atomic E-state index is 13.0. The number of hydrogen-bond acceptors (Lipinski definition) is 7. The number of aryl methyl sites for hydroxylation is 3. The van der Waals surface area contributed by atoms with Crippen molar-refractivity contribution in [2.75, 3.05) is 7.11 Å². The van der Waals surface area contributed by atoms with Gasteiger partial charge in [0.25, 0.3) is 11.8 Å². The Morgan fingerprint density at radius 2 is 1.89 bits per heavy atom.